The molecule has 2 rings (SSSR count). The van der Waals surface area contributed by atoms with Gasteiger partial charge in [-0.3, -0.25) is 0 Å². The molecule has 0 saturated carbocycles. The lowest BCUT2D eigenvalue weighted by molar-refractivity contribution is 0.389. The predicted octanol–water partition coefficient (Wildman–Crippen LogP) is 4.72. The van der Waals surface area contributed by atoms with Crippen molar-refractivity contribution in [3.63, 3.8) is 0 Å². The summed E-state index contributed by atoms with van der Waals surface area (Å²) < 4.78 is 2.08. The van der Waals surface area contributed by atoms with Crippen LogP contribution in [0.4, 0.5) is 0 Å². The lowest BCUT2D eigenvalue weighted by Crippen LogP contribution is -2.26. The van der Waals surface area contributed by atoms with Crippen molar-refractivity contribution in [1.29, 1.82) is 0 Å². The Bertz CT molecular complexity index is 621. The lowest BCUT2D eigenvalue weighted by Gasteiger charge is -2.26. The molecule has 0 bridgehead atoms. The highest BCUT2D eigenvalue weighted by Gasteiger charge is 2.29. The fraction of sp³-hybridized carbons (Fsp3) is 0.588. The van der Waals surface area contributed by atoms with Crippen molar-refractivity contribution in [1.82, 2.24) is 9.38 Å². The number of rotatable bonds is 4. The van der Waals surface area contributed by atoms with Gasteiger partial charge in [-0.2, -0.15) is 0 Å². The number of aromatic nitrogens is 2. The van der Waals surface area contributed by atoms with Gasteiger partial charge in [-0.15, -0.1) is 0 Å². The van der Waals surface area contributed by atoms with E-state index in [1.165, 1.54) is 0 Å². The molecule has 4 heteroatoms. The van der Waals surface area contributed by atoms with E-state index < -0.39 is 0 Å². The molecule has 1 unspecified atom stereocenters. The molecule has 2 aromatic rings. The van der Waals surface area contributed by atoms with Crippen LogP contribution in [-0.2, 0) is 5.41 Å². The van der Waals surface area contributed by atoms with E-state index in [1.54, 1.807) is 0 Å². The first-order valence-electron chi connectivity index (χ1n) is 7.73. The molecule has 0 aliphatic rings. The van der Waals surface area contributed by atoms with Crippen LogP contribution in [0.2, 0.25) is 5.02 Å². The van der Waals surface area contributed by atoms with Crippen LogP contribution in [0, 0.1) is 5.92 Å². The first-order chi connectivity index (χ1) is 9.79. The Morgan fingerprint density at radius 3 is 2.38 bits per heavy atom. The summed E-state index contributed by atoms with van der Waals surface area (Å²) in [6, 6.07) is 3.81. The fourth-order valence-corrected chi connectivity index (χ4v) is 3.09. The number of halogens is 1. The van der Waals surface area contributed by atoms with Crippen LogP contribution in [0.15, 0.2) is 18.3 Å². The van der Waals surface area contributed by atoms with E-state index in [1.807, 2.05) is 18.3 Å². The zero-order valence-corrected chi connectivity index (χ0v) is 14.4. The van der Waals surface area contributed by atoms with E-state index in [4.69, 9.17) is 22.3 Å². The first kappa shape index (κ1) is 16.3. The van der Waals surface area contributed by atoms with Crippen molar-refractivity contribution in [3.8, 4) is 0 Å². The van der Waals surface area contributed by atoms with E-state index >= 15 is 0 Å². The van der Waals surface area contributed by atoms with E-state index in [-0.39, 0.29) is 11.5 Å². The van der Waals surface area contributed by atoms with Gasteiger partial charge < -0.3 is 10.1 Å². The number of hydrogen-bond donors (Lipinski definition) is 1. The molecular weight excluding hydrogens is 282 g/mol. The van der Waals surface area contributed by atoms with Crippen LogP contribution in [0.25, 0.3) is 5.65 Å². The zero-order chi connectivity index (χ0) is 15.8. The summed E-state index contributed by atoms with van der Waals surface area (Å²) in [7, 11) is 0. The normalized spacial score (nSPS) is 14.1. The van der Waals surface area contributed by atoms with Crippen molar-refractivity contribution >= 4 is 17.2 Å². The largest absolute Gasteiger partial charge is 0.322 e. The van der Waals surface area contributed by atoms with Crippen LogP contribution >= 0.6 is 11.6 Å². The molecule has 0 saturated heterocycles. The number of fused-ring (bicyclic) bond motifs is 1. The Kier molecular flexibility index (Phi) is 4.64. The summed E-state index contributed by atoms with van der Waals surface area (Å²) in [6.45, 7) is 10.9. The van der Waals surface area contributed by atoms with Gasteiger partial charge in [0, 0.05) is 11.6 Å². The van der Waals surface area contributed by atoms with Gasteiger partial charge >= 0.3 is 0 Å². The van der Waals surface area contributed by atoms with Gasteiger partial charge in [0.15, 0.2) is 0 Å². The van der Waals surface area contributed by atoms with Gasteiger partial charge in [0.2, 0.25) is 0 Å². The van der Waals surface area contributed by atoms with E-state index in [2.05, 4.69) is 39.0 Å². The molecule has 2 aromatic heterocycles. The Balaban J connectivity index is 2.70. The molecule has 21 heavy (non-hydrogen) atoms. The number of nitrogens with zero attached hydrogens (tertiary/aromatic N) is 2. The Hall–Kier alpha value is -1.06. The summed E-state index contributed by atoms with van der Waals surface area (Å²) in [6.07, 6.45) is 4.06. The molecule has 0 aliphatic carbocycles. The minimum Gasteiger partial charge on any atom is -0.322 e. The zero-order valence-electron chi connectivity index (χ0n) is 13.7. The Morgan fingerprint density at radius 1 is 1.24 bits per heavy atom. The number of nitrogens with two attached hydrogens (primary N) is 1. The van der Waals surface area contributed by atoms with E-state index in [0.717, 1.165) is 29.9 Å². The second-order valence-electron chi connectivity index (χ2n) is 6.77. The van der Waals surface area contributed by atoms with Crippen molar-refractivity contribution in [2.24, 2.45) is 11.7 Å². The summed E-state index contributed by atoms with van der Waals surface area (Å²) >= 11 is 6.18. The Labute approximate surface area is 132 Å². The lowest BCUT2D eigenvalue weighted by atomic mass is 9.84. The van der Waals surface area contributed by atoms with Gasteiger partial charge in [0.05, 0.1) is 22.5 Å². The smallest absolute Gasteiger partial charge is 0.137 e. The summed E-state index contributed by atoms with van der Waals surface area (Å²) in [4.78, 5) is 4.82. The molecule has 116 valence electrons. The average Bonchev–Trinajstić information content (AvgIpc) is 2.78. The molecule has 0 spiro atoms. The molecule has 0 amide bonds. The number of pyridine rings is 1. The third-order valence-corrected chi connectivity index (χ3v) is 4.43. The van der Waals surface area contributed by atoms with Gasteiger partial charge in [-0.25, -0.2) is 4.98 Å². The van der Waals surface area contributed by atoms with Crippen molar-refractivity contribution in [3.05, 3.63) is 34.7 Å². The van der Waals surface area contributed by atoms with Crippen LogP contribution < -0.4 is 5.73 Å². The minimum absolute atomic E-state index is 0.0253. The molecule has 2 N–H and O–H groups in total. The van der Waals surface area contributed by atoms with Crippen LogP contribution in [0.5, 0.6) is 0 Å². The third-order valence-electron chi connectivity index (χ3n) is 4.20. The predicted molar refractivity (Wildman–Crippen MR) is 89.9 cm³/mol. The summed E-state index contributed by atoms with van der Waals surface area (Å²) in [5, 5.41) is 0.707. The highest BCUT2D eigenvalue weighted by molar-refractivity contribution is 6.30. The van der Waals surface area contributed by atoms with Crippen LogP contribution in [-0.4, -0.2) is 9.38 Å². The SMILES string of the molecule is CCC(CC)C(N)c1c(C(C)(C)C)nc2ccc(Cl)cn12. The van der Waals surface area contributed by atoms with Crippen molar-refractivity contribution < 1.29 is 0 Å². The van der Waals surface area contributed by atoms with Gasteiger partial charge in [-0.1, -0.05) is 59.1 Å². The highest BCUT2D eigenvalue weighted by Crippen LogP contribution is 2.34. The molecule has 2 heterocycles. The monoisotopic (exact) mass is 307 g/mol. The third kappa shape index (κ3) is 3.09. The topological polar surface area (TPSA) is 43.3 Å². The van der Waals surface area contributed by atoms with Crippen LogP contribution in [0.3, 0.4) is 0 Å². The standard InChI is InChI=1S/C17H26ClN3/c1-6-11(7-2)14(19)15-16(17(3,4)5)20-13-9-8-12(18)10-21(13)15/h8-11,14H,6-7,19H2,1-5H3. The van der Waals surface area contributed by atoms with Crippen LogP contribution in [0.1, 0.15) is 64.9 Å². The molecule has 1 atom stereocenters. The maximum atomic E-state index is 6.61. The maximum Gasteiger partial charge on any atom is 0.137 e. The van der Waals surface area contributed by atoms with E-state index in [0.29, 0.717) is 10.9 Å². The average molecular weight is 308 g/mol. The number of hydrogen-bond acceptors (Lipinski definition) is 2. The quantitative estimate of drug-likeness (QED) is 0.888. The summed E-state index contributed by atoms with van der Waals surface area (Å²) in [5.41, 5.74) is 9.67. The highest BCUT2D eigenvalue weighted by atomic mass is 35.5. The minimum atomic E-state index is -0.0442. The molecule has 0 radical (unpaired) electrons. The molecule has 0 aromatic carbocycles. The Morgan fingerprint density at radius 2 is 1.86 bits per heavy atom. The number of imidazole rings is 1. The van der Waals surface area contributed by atoms with E-state index in [9.17, 15) is 0 Å². The molecular formula is C17H26ClN3. The molecule has 0 fully saturated rings. The van der Waals surface area contributed by atoms with Gasteiger partial charge in [-0.05, 0) is 18.1 Å². The maximum absolute atomic E-state index is 6.61. The second-order valence-corrected chi connectivity index (χ2v) is 7.21. The second kappa shape index (κ2) is 5.98. The van der Waals surface area contributed by atoms with Crippen molar-refractivity contribution in [2.45, 2.75) is 58.9 Å². The molecule has 3 nitrogen and oxygen atoms in total. The van der Waals surface area contributed by atoms with Gasteiger partial charge in [0.25, 0.3) is 0 Å². The molecule has 0 aliphatic heterocycles. The first-order valence-corrected chi connectivity index (χ1v) is 8.10. The van der Waals surface area contributed by atoms with Gasteiger partial charge in [0.1, 0.15) is 5.65 Å². The summed E-state index contributed by atoms with van der Waals surface area (Å²) in [5.74, 6) is 0.449. The fourth-order valence-electron chi connectivity index (χ4n) is 2.93. The van der Waals surface area contributed by atoms with Crippen molar-refractivity contribution in [2.75, 3.05) is 0 Å².